The van der Waals surface area contributed by atoms with Gasteiger partial charge in [0.15, 0.2) is 0 Å². The van der Waals surface area contributed by atoms with Crippen LogP contribution in [0.2, 0.25) is 0 Å². The fraction of sp³-hybridized carbons (Fsp3) is 0.357. The summed E-state index contributed by atoms with van der Waals surface area (Å²) in [5, 5.41) is 17.1. The highest BCUT2D eigenvalue weighted by Gasteiger charge is 2.15. The molecule has 1 aromatic carbocycles. The van der Waals surface area contributed by atoms with Crippen molar-refractivity contribution in [1.82, 2.24) is 15.1 Å². The third-order valence-electron chi connectivity index (χ3n) is 3.23. The van der Waals surface area contributed by atoms with Crippen molar-refractivity contribution in [3.8, 4) is 0 Å². The van der Waals surface area contributed by atoms with Gasteiger partial charge >= 0.3 is 0 Å². The van der Waals surface area contributed by atoms with Crippen LogP contribution in [0, 0.1) is 6.92 Å². The van der Waals surface area contributed by atoms with Gasteiger partial charge in [-0.1, -0.05) is 30.3 Å². The first-order valence-corrected chi connectivity index (χ1v) is 6.09. The smallest absolute Gasteiger partial charge is 0.0627 e. The molecule has 0 amide bonds. The van der Waals surface area contributed by atoms with E-state index >= 15 is 0 Å². The molecule has 0 aliphatic rings. The summed E-state index contributed by atoms with van der Waals surface area (Å²) in [4.78, 5) is 0. The second-order valence-electron chi connectivity index (χ2n) is 4.41. The van der Waals surface area contributed by atoms with Crippen LogP contribution in [-0.2, 0) is 13.6 Å². The van der Waals surface area contributed by atoms with E-state index in [1.165, 1.54) is 5.56 Å². The molecule has 4 heteroatoms. The minimum atomic E-state index is -0.0705. The van der Waals surface area contributed by atoms with E-state index in [0.29, 0.717) is 0 Å². The Bertz CT molecular complexity index is 493. The van der Waals surface area contributed by atoms with Gasteiger partial charge in [-0.25, -0.2) is 0 Å². The number of aliphatic hydroxyl groups excluding tert-OH is 1. The fourth-order valence-corrected chi connectivity index (χ4v) is 1.97. The van der Waals surface area contributed by atoms with Gasteiger partial charge in [0, 0.05) is 24.8 Å². The number of hydrogen-bond acceptors (Lipinski definition) is 3. The van der Waals surface area contributed by atoms with E-state index in [0.717, 1.165) is 17.8 Å². The number of aliphatic hydroxyl groups is 1. The lowest BCUT2D eigenvalue weighted by molar-refractivity contribution is 0.243. The van der Waals surface area contributed by atoms with E-state index in [2.05, 4.69) is 22.5 Å². The largest absolute Gasteiger partial charge is 0.394 e. The summed E-state index contributed by atoms with van der Waals surface area (Å²) in [5.74, 6) is 0. The van der Waals surface area contributed by atoms with E-state index in [-0.39, 0.29) is 12.6 Å². The number of benzene rings is 1. The van der Waals surface area contributed by atoms with Crippen molar-refractivity contribution in [2.75, 3.05) is 6.61 Å². The van der Waals surface area contributed by atoms with E-state index in [1.54, 1.807) is 0 Å². The SMILES string of the molecule is Cc1c(C(CO)NCc2ccccc2)cnn1C. The van der Waals surface area contributed by atoms with Gasteiger partial charge in [-0.2, -0.15) is 5.10 Å². The highest BCUT2D eigenvalue weighted by molar-refractivity contribution is 5.21. The zero-order valence-corrected chi connectivity index (χ0v) is 10.8. The predicted molar refractivity (Wildman–Crippen MR) is 71.1 cm³/mol. The predicted octanol–water partition coefficient (Wildman–Crippen LogP) is 1.55. The lowest BCUT2D eigenvalue weighted by atomic mass is 10.1. The lowest BCUT2D eigenvalue weighted by Crippen LogP contribution is -2.24. The summed E-state index contributed by atoms with van der Waals surface area (Å²) in [6, 6.07) is 10.1. The van der Waals surface area contributed by atoms with E-state index in [4.69, 9.17) is 0 Å². The average molecular weight is 245 g/mol. The first kappa shape index (κ1) is 12.8. The molecule has 4 nitrogen and oxygen atoms in total. The Labute approximate surface area is 107 Å². The maximum absolute atomic E-state index is 9.49. The Hall–Kier alpha value is -1.65. The molecular weight excluding hydrogens is 226 g/mol. The molecule has 2 rings (SSSR count). The number of nitrogens with one attached hydrogen (secondary N) is 1. The number of rotatable bonds is 5. The van der Waals surface area contributed by atoms with Gasteiger partial charge in [-0.05, 0) is 12.5 Å². The molecule has 0 bridgehead atoms. The van der Waals surface area contributed by atoms with Crippen LogP contribution < -0.4 is 5.32 Å². The monoisotopic (exact) mass is 245 g/mol. The molecule has 1 atom stereocenters. The summed E-state index contributed by atoms with van der Waals surface area (Å²) in [6.45, 7) is 2.81. The van der Waals surface area contributed by atoms with Crippen molar-refractivity contribution >= 4 is 0 Å². The van der Waals surface area contributed by atoms with Gasteiger partial charge in [0.1, 0.15) is 0 Å². The standard InChI is InChI=1S/C14H19N3O/c1-11-13(9-16-17(11)2)14(10-18)15-8-12-6-4-3-5-7-12/h3-7,9,14-15,18H,8,10H2,1-2H3. The number of aryl methyl sites for hydroxylation is 1. The van der Waals surface area contributed by atoms with Gasteiger partial charge in [0.25, 0.3) is 0 Å². The second kappa shape index (κ2) is 5.80. The molecule has 0 aliphatic carbocycles. The Morgan fingerprint density at radius 3 is 2.61 bits per heavy atom. The molecule has 2 N–H and O–H groups in total. The van der Waals surface area contributed by atoms with Crippen LogP contribution in [-0.4, -0.2) is 21.5 Å². The van der Waals surface area contributed by atoms with Gasteiger partial charge in [-0.3, -0.25) is 4.68 Å². The van der Waals surface area contributed by atoms with Crippen molar-refractivity contribution in [3.63, 3.8) is 0 Å². The molecule has 0 spiro atoms. The molecule has 1 aromatic heterocycles. The van der Waals surface area contributed by atoms with Crippen LogP contribution in [0.1, 0.15) is 22.9 Å². The summed E-state index contributed by atoms with van der Waals surface area (Å²) >= 11 is 0. The van der Waals surface area contributed by atoms with Crippen molar-refractivity contribution in [2.24, 2.45) is 7.05 Å². The molecule has 18 heavy (non-hydrogen) atoms. The van der Waals surface area contributed by atoms with Crippen molar-refractivity contribution < 1.29 is 5.11 Å². The van der Waals surface area contributed by atoms with Crippen LogP contribution in [0.3, 0.4) is 0 Å². The van der Waals surface area contributed by atoms with Gasteiger partial charge < -0.3 is 10.4 Å². The summed E-state index contributed by atoms with van der Waals surface area (Å²) in [5.41, 5.74) is 3.34. The van der Waals surface area contributed by atoms with E-state index in [9.17, 15) is 5.11 Å². The van der Waals surface area contributed by atoms with Crippen LogP contribution in [0.25, 0.3) is 0 Å². The Morgan fingerprint density at radius 2 is 2.06 bits per heavy atom. The van der Waals surface area contributed by atoms with Crippen molar-refractivity contribution in [3.05, 3.63) is 53.3 Å². The van der Waals surface area contributed by atoms with Crippen LogP contribution in [0.4, 0.5) is 0 Å². The summed E-state index contributed by atoms with van der Waals surface area (Å²) in [6.07, 6.45) is 1.81. The molecule has 0 saturated heterocycles. The first-order valence-electron chi connectivity index (χ1n) is 6.09. The highest BCUT2D eigenvalue weighted by Crippen LogP contribution is 2.16. The van der Waals surface area contributed by atoms with Crippen molar-refractivity contribution in [1.29, 1.82) is 0 Å². The molecule has 0 saturated carbocycles. The minimum Gasteiger partial charge on any atom is -0.394 e. The Morgan fingerprint density at radius 1 is 1.33 bits per heavy atom. The quantitative estimate of drug-likeness (QED) is 0.840. The molecule has 1 unspecified atom stereocenters. The third-order valence-corrected chi connectivity index (χ3v) is 3.23. The second-order valence-corrected chi connectivity index (χ2v) is 4.41. The third kappa shape index (κ3) is 2.78. The van der Waals surface area contributed by atoms with Crippen LogP contribution in [0.15, 0.2) is 36.5 Å². The number of aromatic nitrogens is 2. The summed E-state index contributed by atoms with van der Waals surface area (Å²) < 4.78 is 1.82. The van der Waals surface area contributed by atoms with E-state index < -0.39 is 0 Å². The fourth-order valence-electron chi connectivity index (χ4n) is 1.97. The van der Waals surface area contributed by atoms with Gasteiger partial charge in [0.2, 0.25) is 0 Å². The molecule has 0 radical (unpaired) electrons. The average Bonchev–Trinajstić information content (AvgIpc) is 2.73. The maximum Gasteiger partial charge on any atom is 0.0627 e. The Kier molecular flexibility index (Phi) is 4.12. The maximum atomic E-state index is 9.49. The Balaban J connectivity index is 2.04. The number of nitrogens with zero attached hydrogens (tertiary/aromatic N) is 2. The topological polar surface area (TPSA) is 50.1 Å². The number of hydrogen-bond donors (Lipinski definition) is 2. The van der Waals surface area contributed by atoms with Crippen LogP contribution >= 0.6 is 0 Å². The summed E-state index contributed by atoms with van der Waals surface area (Å²) in [7, 11) is 1.91. The molecular formula is C14H19N3O. The molecule has 1 heterocycles. The van der Waals surface area contributed by atoms with Crippen LogP contribution in [0.5, 0.6) is 0 Å². The highest BCUT2D eigenvalue weighted by atomic mass is 16.3. The van der Waals surface area contributed by atoms with Gasteiger partial charge in [-0.15, -0.1) is 0 Å². The molecule has 0 aliphatic heterocycles. The lowest BCUT2D eigenvalue weighted by Gasteiger charge is -2.16. The van der Waals surface area contributed by atoms with Crippen molar-refractivity contribution in [2.45, 2.75) is 19.5 Å². The zero-order chi connectivity index (χ0) is 13.0. The first-order chi connectivity index (χ1) is 8.72. The molecule has 0 fully saturated rings. The normalized spacial score (nSPS) is 12.6. The molecule has 2 aromatic rings. The molecule has 96 valence electrons. The van der Waals surface area contributed by atoms with E-state index in [1.807, 2.05) is 43.0 Å². The zero-order valence-electron chi connectivity index (χ0n) is 10.8. The minimum absolute atomic E-state index is 0.0688. The van der Waals surface area contributed by atoms with Gasteiger partial charge in [0.05, 0.1) is 18.8 Å².